The zero-order valence-electron chi connectivity index (χ0n) is 9.18. The van der Waals surface area contributed by atoms with E-state index in [2.05, 4.69) is 10.1 Å². The van der Waals surface area contributed by atoms with Crippen LogP contribution in [0.4, 0.5) is 4.79 Å². The highest BCUT2D eigenvalue weighted by Crippen LogP contribution is 2.03. The van der Waals surface area contributed by atoms with Gasteiger partial charge in [-0.05, 0) is 5.56 Å². The zero-order chi connectivity index (χ0) is 11.4. The molecule has 0 aromatic heterocycles. The molecule has 2 unspecified atom stereocenters. The Kier molecular flexibility index (Phi) is 2.79. The van der Waals surface area contributed by atoms with Gasteiger partial charge in [0, 0.05) is 0 Å². The molecule has 4 heteroatoms. The molecular formula is C11H13NO3. The van der Waals surface area contributed by atoms with E-state index in [4.69, 9.17) is 6.11 Å². The summed E-state index contributed by atoms with van der Waals surface area (Å²) in [6.45, 7) is -0.113. The molecule has 0 saturated carbocycles. The van der Waals surface area contributed by atoms with Gasteiger partial charge < -0.3 is 14.8 Å². The van der Waals surface area contributed by atoms with Crippen molar-refractivity contribution in [1.82, 2.24) is 5.32 Å². The minimum absolute atomic E-state index is 0.287. The van der Waals surface area contributed by atoms with E-state index >= 15 is 0 Å². The summed E-state index contributed by atoms with van der Waals surface area (Å²) < 4.78 is 17.4. The molecule has 1 fully saturated rings. The Hall–Kier alpha value is -1.55. The molecule has 1 aliphatic rings. The summed E-state index contributed by atoms with van der Waals surface area (Å²) in [5, 5.41) is 2.52. The van der Waals surface area contributed by atoms with Gasteiger partial charge >= 0.3 is 6.09 Å². The van der Waals surface area contributed by atoms with Crippen LogP contribution in [0.2, 0.25) is 0 Å². The number of ether oxygens (including phenoxy) is 2. The number of nitrogens with one attached hydrogen (secondary N) is 1. The lowest BCUT2D eigenvalue weighted by atomic mass is 10.2. The van der Waals surface area contributed by atoms with Gasteiger partial charge in [0.05, 0.1) is 20.6 Å². The molecule has 15 heavy (non-hydrogen) atoms. The average molecular weight is 208 g/mol. The minimum atomic E-state index is -0.872. The van der Waals surface area contributed by atoms with Gasteiger partial charge in [-0.2, -0.15) is 0 Å². The summed E-state index contributed by atoms with van der Waals surface area (Å²) >= 11 is 0. The van der Waals surface area contributed by atoms with Gasteiger partial charge in [0.1, 0.15) is 6.58 Å². The monoisotopic (exact) mass is 208 g/mol. The van der Waals surface area contributed by atoms with Gasteiger partial charge in [-0.3, -0.25) is 0 Å². The normalized spacial score (nSPS) is 25.6. The predicted molar refractivity (Wildman–Crippen MR) is 54.4 cm³/mol. The molecule has 0 radical (unpaired) electrons. The van der Waals surface area contributed by atoms with Crippen molar-refractivity contribution < 1.29 is 15.6 Å². The molecule has 1 aromatic carbocycles. The van der Waals surface area contributed by atoms with Crippen LogP contribution in [-0.4, -0.2) is 25.3 Å². The molecule has 2 rings (SSSR count). The van der Waals surface area contributed by atoms with Gasteiger partial charge in [-0.25, -0.2) is 4.79 Å². The Balaban J connectivity index is 1.74. The fraction of sp³-hybridized carbons (Fsp3) is 0.364. The van der Waals surface area contributed by atoms with Gasteiger partial charge in [-0.15, -0.1) is 0 Å². The van der Waals surface area contributed by atoms with E-state index in [0.29, 0.717) is 6.61 Å². The molecule has 80 valence electrons. The smallest absolute Gasteiger partial charge is 0.407 e. The van der Waals surface area contributed by atoms with Crippen LogP contribution in [0.15, 0.2) is 30.3 Å². The van der Waals surface area contributed by atoms with Crippen molar-refractivity contribution in [3.05, 3.63) is 35.9 Å². The maximum atomic E-state index is 10.8. The molecule has 2 atom stereocenters. The predicted octanol–water partition coefficient (Wildman–Crippen LogP) is 1.31. The van der Waals surface area contributed by atoms with Crippen LogP contribution < -0.4 is 5.32 Å². The van der Waals surface area contributed by atoms with E-state index < -0.39 is 12.7 Å². The summed E-state index contributed by atoms with van der Waals surface area (Å²) in [5.74, 6) is 0. The number of carbonyl (C=O) groups is 1. The number of rotatable bonds is 4. The number of hydrogen-bond donors (Lipinski definition) is 1. The first-order valence-corrected chi connectivity index (χ1v) is 4.77. The molecule has 1 saturated heterocycles. The lowest BCUT2D eigenvalue weighted by Crippen LogP contribution is -2.30. The van der Waals surface area contributed by atoms with Crippen molar-refractivity contribution >= 4 is 6.09 Å². The van der Waals surface area contributed by atoms with Crippen LogP contribution in [0.3, 0.4) is 0 Å². The fourth-order valence-corrected chi connectivity index (χ4v) is 1.32. The van der Waals surface area contributed by atoms with E-state index in [1.165, 1.54) is 0 Å². The molecule has 1 heterocycles. The highest BCUT2D eigenvalue weighted by Gasteiger charge is 2.21. The molecule has 1 aliphatic heterocycles. The molecule has 0 spiro atoms. The summed E-state index contributed by atoms with van der Waals surface area (Å²) in [6.07, 6.45) is -0.548. The summed E-state index contributed by atoms with van der Waals surface area (Å²) in [5.41, 5.74) is 1.06. The van der Waals surface area contributed by atoms with Crippen LogP contribution in [0.25, 0.3) is 0 Å². The molecule has 0 bridgehead atoms. The summed E-state index contributed by atoms with van der Waals surface area (Å²) in [6, 6.07) is 9.35. The van der Waals surface area contributed by atoms with Crippen molar-refractivity contribution in [2.24, 2.45) is 0 Å². The third-order valence-corrected chi connectivity index (χ3v) is 2.05. The largest absolute Gasteiger partial charge is 0.447 e. The van der Waals surface area contributed by atoms with E-state index in [1.807, 2.05) is 30.3 Å². The van der Waals surface area contributed by atoms with E-state index in [0.717, 1.165) is 5.56 Å². The third kappa shape index (κ3) is 2.95. The Labute approximate surface area is 89.6 Å². The summed E-state index contributed by atoms with van der Waals surface area (Å²) in [7, 11) is 0. The topological polar surface area (TPSA) is 47.6 Å². The number of amides is 1. The highest BCUT2D eigenvalue weighted by molar-refractivity contribution is 5.69. The Morgan fingerprint density at radius 3 is 3.00 bits per heavy atom. The summed E-state index contributed by atoms with van der Waals surface area (Å²) in [4.78, 5) is 10.8. The molecule has 1 amide bonds. The molecule has 1 N–H and O–H groups in total. The number of carbonyl (C=O) groups excluding carboxylic acids is 1. The number of alkyl carbamates (subject to hydrolysis) is 1. The number of cyclic esters (lactones) is 1. The molecule has 1 aromatic rings. The number of hydrogen-bond acceptors (Lipinski definition) is 3. The van der Waals surface area contributed by atoms with Crippen molar-refractivity contribution in [2.75, 3.05) is 13.2 Å². The first-order valence-electron chi connectivity index (χ1n) is 5.34. The van der Waals surface area contributed by atoms with Gasteiger partial charge in [0.2, 0.25) is 0 Å². The number of benzene rings is 1. The second-order valence-corrected chi connectivity index (χ2v) is 3.29. The second-order valence-electron chi connectivity index (χ2n) is 3.29. The fourth-order valence-electron chi connectivity index (χ4n) is 1.32. The van der Waals surface area contributed by atoms with Crippen molar-refractivity contribution in [3.63, 3.8) is 0 Å². The first-order chi connectivity index (χ1) is 7.75. The molecule has 0 aliphatic carbocycles. The van der Waals surface area contributed by atoms with Gasteiger partial charge in [0.25, 0.3) is 0 Å². The highest BCUT2D eigenvalue weighted by atomic mass is 16.6. The lowest BCUT2D eigenvalue weighted by Gasteiger charge is -2.08. The van der Waals surface area contributed by atoms with E-state index in [1.54, 1.807) is 0 Å². The zero-order valence-corrected chi connectivity index (χ0v) is 8.18. The SMILES string of the molecule is [2H]C1OC(=O)NC1COCc1ccccc1. The van der Waals surface area contributed by atoms with E-state index in [-0.39, 0.29) is 12.6 Å². The van der Waals surface area contributed by atoms with Crippen molar-refractivity contribution in [3.8, 4) is 0 Å². The van der Waals surface area contributed by atoms with Gasteiger partial charge in [-0.1, -0.05) is 30.3 Å². The lowest BCUT2D eigenvalue weighted by molar-refractivity contribution is 0.0986. The van der Waals surface area contributed by atoms with Crippen LogP contribution >= 0.6 is 0 Å². The van der Waals surface area contributed by atoms with E-state index in [9.17, 15) is 4.79 Å². The Bertz CT molecular complexity index is 358. The Morgan fingerprint density at radius 1 is 1.53 bits per heavy atom. The van der Waals surface area contributed by atoms with Crippen LogP contribution in [0.5, 0.6) is 0 Å². The van der Waals surface area contributed by atoms with Crippen molar-refractivity contribution in [2.45, 2.75) is 12.6 Å². The minimum Gasteiger partial charge on any atom is -0.447 e. The molecular weight excluding hydrogens is 194 g/mol. The van der Waals surface area contributed by atoms with Crippen LogP contribution in [0.1, 0.15) is 6.93 Å². The van der Waals surface area contributed by atoms with Crippen LogP contribution in [0, 0.1) is 0 Å². The quantitative estimate of drug-likeness (QED) is 0.811. The van der Waals surface area contributed by atoms with Crippen molar-refractivity contribution in [1.29, 1.82) is 0 Å². The van der Waals surface area contributed by atoms with Crippen LogP contribution in [-0.2, 0) is 16.1 Å². The molecule has 4 nitrogen and oxygen atoms in total. The second kappa shape index (κ2) is 4.79. The van der Waals surface area contributed by atoms with Gasteiger partial charge in [0.15, 0.2) is 0 Å². The standard InChI is InChI=1S/C11H13NO3/c13-11-12-10(8-15-11)7-14-6-9-4-2-1-3-5-9/h1-5,10H,6-8H2,(H,12,13)/i8D. The average Bonchev–Trinajstić information content (AvgIpc) is 2.59. The maximum absolute atomic E-state index is 10.8. The Morgan fingerprint density at radius 2 is 2.33 bits per heavy atom. The first kappa shape index (κ1) is 8.73. The maximum Gasteiger partial charge on any atom is 0.407 e. The third-order valence-electron chi connectivity index (χ3n) is 2.05.